The minimum atomic E-state index is 0.682. The number of aromatic nitrogens is 4. The molecule has 19 heavy (non-hydrogen) atoms. The molecule has 1 aromatic carbocycles. The van der Waals surface area contributed by atoms with Gasteiger partial charge in [-0.3, -0.25) is 0 Å². The van der Waals surface area contributed by atoms with E-state index < -0.39 is 0 Å². The maximum atomic E-state index is 5.80. The van der Waals surface area contributed by atoms with E-state index >= 15 is 0 Å². The SMILES string of the molecule is CCOCCCn1nnnc1-c1cc(N)ccc1Br. The van der Waals surface area contributed by atoms with Crippen molar-refractivity contribution in [2.75, 3.05) is 18.9 Å². The van der Waals surface area contributed by atoms with Gasteiger partial charge in [-0.15, -0.1) is 5.10 Å². The number of hydrogen-bond donors (Lipinski definition) is 1. The molecule has 0 saturated heterocycles. The number of rotatable bonds is 6. The molecule has 0 aliphatic heterocycles. The second-order valence-electron chi connectivity index (χ2n) is 4.02. The molecule has 0 aliphatic rings. The Kier molecular flexibility index (Phi) is 4.86. The number of tetrazole rings is 1. The number of nitrogen functional groups attached to an aromatic ring is 1. The van der Waals surface area contributed by atoms with Gasteiger partial charge in [0.15, 0.2) is 5.82 Å². The quantitative estimate of drug-likeness (QED) is 0.650. The molecule has 6 nitrogen and oxygen atoms in total. The van der Waals surface area contributed by atoms with Crippen molar-refractivity contribution in [1.82, 2.24) is 20.2 Å². The van der Waals surface area contributed by atoms with Gasteiger partial charge >= 0.3 is 0 Å². The third kappa shape index (κ3) is 3.51. The molecule has 1 heterocycles. The molecule has 0 radical (unpaired) electrons. The van der Waals surface area contributed by atoms with Gasteiger partial charge in [0.05, 0.1) is 0 Å². The lowest BCUT2D eigenvalue weighted by molar-refractivity contribution is 0.140. The van der Waals surface area contributed by atoms with Crippen LogP contribution in [0.5, 0.6) is 0 Å². The van der Waals surface area contributed by atoms with Gasteiger partial charge in [0.2, 0.25) is 0 Å². The summed E-state index contributed by atoms with van der Waals surface area (Å²) in [7, 11) is 0. The smallest absolute Gasteiger partial charge is 0.183 e. The van der Waals surface area contributed by atoms with E-state index in [0.717, 1.165) is 23.1 Å². The highest BCUT2D eigenvalue weighted by Gasteiger charge is 2.12. The Morgan fingerprint density at radius 1 is 1.42 bits per heavy atom. The van der Waals surface area contributed by atoms with E-state index in [1.165, 1.54) is 0 Å². The summed E-state index contributed by atoms with van der Waals surface area (Å²) in [6, 6.07) is 5.58. The molecule has 102 valence electrons. The van der Waals surface area contributed by atoms with Gasteiger partial charge < -0.3 is 10.5 Å². The molecule has 0 aliphatic carbocycles. The maximum absolute atomic E-state index is 5.80. The summed E-state index contributed by atoms with van der Waals surface area (Å²) in [6.45, 7) is 4.12. The monoisotopic (exact) mass is 325 g/mol. The number of aryl methyl sites for hydroxylation is 1. The Bertz CT molecular complexity index is 543. The van der Waals surface area contributed by atoms with E-state index in [1.54, 1.807) is 4.68 Å². The second-order valence-corrected chi connectivity index (χ2v) is 4.87. The van der Waals surface area contributed by atoms with Crippen LogP contribution in [0.3, 0.4) is 0 Å². The Hall–Kier alpha value is -1.47. The zero-order chi connectivity index (χ0) is 13.7. The van der Waals surface area contributed by atoms with Crippen LogP contribution in [0.2, 0.25) is 0 Å². The highest BCUT2D eigenvalue weighted by Crippen LogP contribution is 2.28. The Labute approximate surface area is 120 Å². The first-order valence-corrected chi connectivity index (χ1v) is 6.91. The van der Waals surface area contributed by atoms with Crippen LogP contribution in [0.15, 0.2) is 22.7 Å². The molecule has 0 fully saturated rings. The van der Waals surface area contributed by atoms with Crippen LogP contribution in [0.1, 0.15) is 13.3 Å². The zero-order valence-electron chi connectivity index (χ0n) is 10.7. The summed E-state index contributed by atoms with van der Waals surface area (Å²) in [4.78, 5) is 0. The number of ether oxygens (including phenoxy) is 1. The summed E-state index contributed by atoms with van der Waals surface area (Å²) >= 11 is 3.49. The number of anilines is 1. The van der Waals surface area contributed by atoms with E-state index in [-0.39, 0.29) is 0 Å². The van der Waals surface area contributed by atoms with Gasteiger partial charge in [-0.1, -0.05) is 15.9 Å². The van der Waals surface area contributed by atoms with Crippen molar-refractivity contribution < 1.29 is 4.74 Å². The lowest BCUT2D eigenvalue weighted by Gasteiger charge is -2.07. The van der Waals surface area contributed by atoms with Gasteiger partial charge in [0.25, 0.3) is 0 Å². The molecular weight excluding hydrogens is 310 g/mol. The molecule has 7 heteroatoms. The van der Waals surface area contributed by atoms with Crippen molar-refractivity contribution >= 4 is 21.6 Å². The molecule has 0 amide bonds. The summed E-state index contributed by atoms with van der Waals surface area (Å²) in [5, 5.41) is 11.8. The van der Waals surface area contributed by atoms with E-state index in [4.69, 9.17) is 10.5 Å². The van der Waals surface area contributed by atoms with E-state index in [9.17, 15) is 0 Å². The molecule has 0 bridgehead atoms. The maximum Gasteiger partial charge on any atom is 0.183 e. The van der Waals surface area contributed by atoms with Crippen molar-refractivity contribution in [2.45, 2.75) is 19.9 Å². The third-order valence-electron chi connectivity index (χ3n) is 2.63. The van der Waals surface area contributed by atoms with Crippen molar-refractivity contribution in [3.8, 4) is 11.4 Å². The molecule has 0 atom stereocenters. The van der Waals surface area contributed by atoms with Crippen molar-refractivity contribution in [3.63, 3.8) is 0 Å². The average molecular weight is 326 g/mol. The minimum Gasteiger partial charge on any atom is -0.399 e. The van der Waals surface area contributed by atoms with Crippen LogP contribution in [0.4, 0.5) is 5.69 Å². The number of hydrogen-bond acceptors (Lipinski definition) is 5. The van der Waals surface area contributed by atoms with Crippen LogP contribution in [0, 0.1) is 0 Å². The molecule has 0 unspecified atom stereocenters. The number of benzene rings is 1. The van der Waals surface area contributed by atoms with E-state index in [1.807, 2.05) is 25.1 Å². The predicted octanol–water partition coefficient (Wildman–Crippen LogP) is 2.11. The molecular formula is C12H16BrN5O. The Morgan fingerprint density at radius 2 is 2.26 bits per heavy atom. The molecule has 1 aromatic heterocycles. The van der Waals surface area contributed by atoms with Crippen molar-refractivity contribution in [1.29, 1.82) is 0 Å². The van der Waals surface area contributed by atoms with Gasteiger partial charge in [0, 0.05) is 35.5 Å². The normalized spacial score (nSPS) is 10.8. The summed E-state index contributed by atoms with van der Waals surface area (Å²) < 4.78 is 7.99. The predicted molar refractivity (Wildman–Crippen MR) is 76.5 cm³/mol. The topological polar surface area (TPSA) is 78.8 Å². The van der Waals surface area contributed by atoms with Crippen molar-refractivity contribution in [3.05, 3.63) is 22.7 Å². The highest BCUT2D eigenvalue weighted by molar-refractivity contribution is 9.10. The fourth-order valence-electron chi connectivity index (χ4n) is 1.72. The molecule has 2 aromatic rings. The summed E-state index contributed by atoms with van der Waals surface area (Å²) in [6.07, 6.45) is 0.867. The Morgan fingerprint density at radius 3 is 3.05 bits per heavy atom. The molecule has 2 N–H and O–H groups in total. The van der Waals surface area contributed by atoms with Gasteiger partial charge in [0.1, 0.15) is 0 Å². The Balaban J connectivity index is 2.16. The summed E-state index contributed by atoms with van der Waals surface area (Å²) in [5.41, 5.74) is 7.38. The van der Waals surface area contributed by atoms with Gasteiger partial charge in [-0.2, -0.15) is 0 Å². The van der Waals surface area contributed by atoms with Crippen LogP contribution in [-0.4, -0.2) is 33.4 Å². The van der Waals surface area contributed by atoms with Gasteiger partial charge in [-0.05, 0) is 42.0 Å². The van der Waals surface area contributed by atoms with Crippen LogP contribution in [-0.2, 0) is 11.3 Å². The molecule has 0 spiro atoms. The first kappa shape index (κ1) is 14.0. The highest BCUT2D eigenvalue weighted by atomic mass is 79.9. The van der Waals surface area contributed by atoms with Crippen LogP contribution >= 0.6 is 15.9 Å². The second kappa shape index (κ2) is 6.63. The van der Waals surface area contributed by atoms with Crippen molar-refractivity contribution in [2.24, 2.45) is 0 Å². The lowest BCUT2D eigenvalue weighted by atomic mass is 10.2. The molecule has 2 rings (SSSR count). The van der Waals surface area contributed by atoms with Crippen LogP contribution < -0.4 is 5.73 Å². The first-order valence-electron chi connectivity index (χ1n) is 6.11. The fourth-order valence-corrected chi connectivity index (χ4v) is 2.15. The number of halogens is 1. The number of nitrogens with zero attached hydrogens (tertiary/aromatic N) is 4. The standard InChI is InChI=1S/C12H16BrN5O/c1-2-19-7-3-6-18-12(15-16-17-18)10-8-9(14)4-5-11(10)13/h4-5,8H,2-3,6-7,14H2,1H3. The average Bonchev–Trinajstić information content (AvgIpc) is 2.86. The third-order valence-corrected chi connectivity index (χ3v) is 3.32. The summed E-state index contributed by atoms with van der Waals surface area (Å²) in [5.74, 6) is 0.704. The number of nitrogens with two attached hydrogens (primary N) is 1. The van der Waals surface area contributed by atoms with Crippen LogP contribution in [0.25, 0.3) is 11.4 Å². The van der Waals surface area contributed by atoms with Gasteiger partial charge in [-0.25, -0.2) is 4.68 Å². The van der Waals surface area contributed by atoms with E-state index in [2.05, 4.69) is 31.5 Å². The minimum absolute atomic E-state index is 0.682. The lowest BCUT2D eigenvalue weighted by Crippen LogP contribution is -2.06. The molecule has 0 saturated carbocycles. The fraction of sp³-hybridized carbons (Fsp3) is 0.417. The first-order chi connectivity index (χ1) is 9.22. The zero-order valence-corrected chi connectivity index (χ0v) is 12.3. The largest absolute Gasteiger partial charge is 0.399 e. The van der Waals surface area contributed by atoms with E-state index in [0.29, 0.717) is 24.7 Å².